The molecule has 0 aliphatic carbocycles. The van der Waals surface area contributed by atoms with Crippen molar-refractivity contribution in [1.82, 2.24) is 9.88 Å². The quantitative estimate of drug-likeness (QED) is 0.647. The molecule has 1 aromatic heterocycles. The van der Waals surface area contributed by atoms with E-state index in [2.05, 4.69) is 17.1 Å². The molecule has 0 saturated carbocycles. The third-order valence-electron chi connectivity index (χ3n) is 6.55. The highest BCUT2D eigenvalue weighted by Gasteiger charge is 2.41. The number of carbonyl (C=O) groups excluding carboxylic acids is 2. The predicted octanol–water partition coefficient (Wildman–Crippen LogP) is 3.94. The zero-order chi connectivity index (χ0) is 22.6. The summed E-state index contributed by atoms with van der Waals surface area (Å²) in [6.07, 6.45) is 5.68. The molecule has 1 saturated heterocycles. The highest BCUT2D eigenvalue weighted by Crippen LogP contribution is 2.37. The van der Waals surface area contributed by atoms with Crippen LogP contribution in [0.2, 0.25) is 0 Å². The molecular formula is C27H29N3O2. The van der Waals surface area contributed by atoms with Gasteiger partial charge in [-0.2, -0.15) is 0 Å². The van der Waals surface area contributed by atoms with Gasteiger partial charge in [-0.25, -0.2) is 0 Å². The Morgan fingerprint density at radius 3 is 2.50 bits per heavy atom. The van der Waals surface area contributed by atoms with Gasteiger partial charge in [-0.05, 0) is 48.9 Å². The summed E-state index contributed by atoms with van der Waals surface area (Å²) in [7, 11) is 0. The predicted molar refractivity (Wildman–Crippen MR) is 126 cm³/mol. The number of hydrogen-bond donors (Lipinski definition) is 1. The molecule has 4 rings (SSSR count). The number of rotatable bonds is 6. The third kappa shape index (κ3) is 4.72. The van der Waals surface area contributed by atoms with Gasteiger partial charge in [-0.3, -0.25) is 14.6 Å². The maximum absolute atomic E-state index is 12.9. The maximum Gasteiger partial charge on any atom is 0.226 e. The molecule has 0 spiro atoms. The number of likely N-dealkylation sites (tertiary alicyclic amines) is 1. The summed E-state index contributed by atoms with van der Waals surface area (Å²) in [6, 6.07) is 20.1. The van der Waals surface area contributed by atoms with Crippen molar-refractivity contribution in [2.24, 2.45) is 11.1 Å². The highest BCUT2D eigenvalue weighted by atomic mass is 16.2. The summed E-state index contributed by atoms with van der Waals surface area (Å²) < 4.78 is 0. The van der Waals surface area contributed by atoms with Crippen LogP contribution >= 0.6 is 0 Å². The fraction of sp³-hybridized carbons (Fsp3) is 0.296. The van der Waals surface area contributed by atoms with E-state index in [1.165, 1.54) is 0 Å². The minimum atomic E-state index is -0.654. The lowest BCUT2D eigenvalue weighted by atomic mass is 9.72. The summed E-state index contributed by atoms with van der Waals surface area (Å²) in [5.41, 5.74) is 10.6. The standard InChI is InChI=1S/C27H29N3O2/c1-20-6-4-7-21(16-20)17-25(31)30-14-11-27(12-15-30,26(28)32)18-22-8-2-3-10-24(22)23-9-5-13-29-19-23/h2-10,13,16,19H,11-12,14-15,17-18H2,1H3,(H2,28,32). The van der Waals surface area contributed by atoms with Gasteiger partial charge in [-0.1, -0.05) is 60.2 Å². The van der Waals surface area contributed by atoms with E-state index in [1.807, 2.05) is 66.6 Å². The molecule has 1 aliphatic rings. The molecule has 32 heavy (non-hydrogen) atoms. The van der Waals surface area contributed by atoms with Crippen LogP contribution in [0.15, 0.2) is 73.1 Å². The van der Waals surface area contributed by atoms with Crippen LogP contribution in [0.3, 0.4) is 0 Å². The van der Waals surface area contributed by atoms with Crippen LogP contribution in [0, 0.1) is 12.3 Å². The van der Waals surface area contributed by atoms with E-state index in [4.69, 9.17) is 5.73 Å². The molecule has 2 heterocycles. The Balaban J connectivity index is 1.49. The number of aryl methyl sites for hydroxylation is 1. The first-order valence-corrected chi connectivity index (χ1v) is 11.1. The Hall–Kier alpha value is -3.47. The molecule has 5 heteroatoms. The Morgan fingerprint density at radius 1 is 1.03 bits per heavy atom. The SMILES string of the molecule is Cc1cccc(CC(=O)N2CCC(Cc3ccccc3-c3cccnc3)(C(N)=O)CC2)c1. The molecule has 1 fully saturated rings. The van der Waals surface area contributed by atoms with Crippen LogP contribution in [-0.2, 0) is 22.4 Å². The Labute approximate surface area is 189 Å². The van der Waals surface area contributed by atoms with Crippen molar-refractivity contribution in [2.45, 2.75) is 32.6 Å². The minimum Gasteiger partial charge on any atom is -0.369 e. The van der Waals surface area contributed by atoms with E-state index in [0.717, 1.165) is 27.8 Å². The van der Waals surface area contributed by atoms with Gasteiger partial charge in [0.2, 0.25) is 11.8 Å². The van der Waals surface area contributed by atoms with Crippen molar-refractivity contribution in [3.8, 4) is 11.1 Å². The fourth-order valence-corrected chi connectivity index (χ4v) is 4.65. The number of pyridine rings is 1. The van der Waals surface area contributed by atoms with Gasteiger partial charge in [0.25, 0.3) is 0 Å². The van der Waals surface area contributed by atoms with E-state index in [1.54, 1.807) is 6.20 Å². The summed E-state index contributed by atoms with van der Waals surface area (Å²) >= 11 is 0. The van der Waals surface area contributed by atoms with Crippen molar-refractivity contribution >= 4 is 11.8 Å². The second-order valence-corrected chi connectivity index (χ2v) is 8.77. The van der Waals surface area contributed by atoms with Crippen molar-refractivity contribution in [1.29, 1.82) is 0 Å². The number of carbonyl (C=O) groups is 2. The van der Waals surface area contributed by atoms with Gasteiger partial charge in [0, 0.05) is 31.0 Å². The first-order valence-electron chi connectivity index (χ1n) is 11.1. The van der Waals surface area contributed by atoms with E-state index >= 15 is 0 Å². The number of piperidine rings is 1. The zero-order valence-electron chi connectivity index (χ0n) is 18.5. The molecule has 0 unspecified atom stereocenters. The molecular weight excluding hydrogens is 398 g/mol. The van der Waals surface area contributed by atoms with Crippen molar-refractivity contribution in [2.75, 3.05) is 13.1 Å². The number of hydrogen-bond acceptors (Lipinski definition) is 3. The van der Waals surface area contributed by atoms with E-state index < -0.39 is 5.41 Å². The fourth-order valence-electron chi connectivity index (χ4n) is 4.65. The summed E-state index contributed by atoms with van der Waals surface area (Å²) in [6.45, 7) is 3.12. The van der Waals surface area contributed by atoms with E-state index in [9.17, 15) is 9.59 Å². The lowest BCUT2D eigenvalue weighted by molar-refractivity contribution is -0.138. The number of amides is 2. The van der Waals surface area contributed by atoms with Crippen LogP contribution in [-0.4, -0.2) is 34.8 Å². The van der Waals surface area contributed by atoms with Gasteiger partial charge in [0.05, 0.1) is 11.8 Å². The van der Waals surface area contributed by atoms with Crippen LogP contribution in [0.5, 0.6) is 0 Å². The Morgan fingerprint density at radius 2 is 1.81 bits per heavy atom. The van der Waals surface area contributed by atoms with Gasteiger partial charge in [-0.15, -0.1) is 0 Å². The average Bonchev–Trinajstić information content (AvgIpc) is 2.80. The van der Waals surface area contributed by atoms with Gasteiger partial charge in [0.15, 0.2) is 0 Å². The second-order valence-electron chi connectivity index (χ2n) is 8.77. The van der Waals surface area contributed by atoms with Crippen LogP contribution < -0.4 is 5.73 Å². The van der Waals surface area contributed by atoms with Crippen molar-refractivity contribution < 1.29 is 9.59 Å². The molecule has 0 atom stereocenters. The molecule has 2 aromatic carbocycles. The maximum atomic E-state index is 12.9. The lowest BCUT2D eigenvalue weighted by Gasteiger charge is -2.40. The minimum absolute atomic E-state index is 0.101. The Bertz CT molecular complexity index is 1100. The molecule has 3 aromatic rings. The number of benzene rings is 2. The largest absolute Gasteiger partial charge is 0.369 e. The third-order valence-corrected chi connectivity index (χ3v) is 6.55. The smallest absolute Gasteiger partial charge is 0.226 e. The highest BCUT2D eigenvalue weighted by molar-refractivity contribution is 5.83. The molecule has 164 valence electrons. The normalized spacial score (nSPS) is 15.3. The monoisotopic (exact) mass is 427 g/mol. The molecule has 2 N–H and O–H groups in total. The first-order chi connectivity index (χ1) is 15.5. The van der Waals surface area contributed by atoms with Crippen molar-refractivity contribution in [3.63, 3.8) is 0 Å². The van der Waals surface area contributed by atoms with Gasteiger partial charge in [0.1, 0.15) is 0 Å². The van der Waals surface area contributed by atoms with Crippen LogP contribution in [0.1, 0.15) is 29.5 Å². The van der Waals surface area contributed by atoms with Crippen molar-refractivity contribution in [3.05, 3.63) is 89.7 Å². The first kappa shape index (κ1) is 21.8. The topological polar surface area (TPSA) is 76.3 Å². The summed E-state index contributed by atoms with van der Waals surface area (Å²) in [4.78, 5) is 31.6. The van der Waals surface area contributed by atoms with E-state index in [-0.39, 0.29) is 11.8 Å². The lowest BCUT2D eigenvalue weighted by Crippen LogP contribution is -2.50. The second kappa shape index (κ2) is 9.35. The Kier molecular flexibility index (Phi) is 6.35. The molecule has 2 amide bonds. The number of nitrogens with zero attached hydrogens (tertiary/aromatic N) is 2. The van der Waals surface area contributed by atoms with E-state index in [0.29, 0.717) is 38.8 Å². The van der Waals surface area contributed by atoms with Crippen LogP contribution in [0.4, 0.5) is 0 Å². The van der Waals surface area contributed by atoms with Gasteiger partial charge < -0.3 is 10.6 Å². The molecule has 0 radical (unpaired) electrons. The summed E-state index contributed by atoms with van der Waals surface area (Å²) in [5.74, 6) is -0.186. The number of nitrogens with two attached hydrogens (primary N) is 1. The van der Waals surface area contributed by atoms with Gasteiger partial charge >= 0.3 is 0 Å². The number of primary amides is 1. The molecule has 0 bridgehead atoms. The number of aromatic nitrogens is 1. The zero-order valence-corrected chi connectivity index (χ0v) is 18.5. The summed E-state index contributed by atoms with van der Waals surface area (Å²) in [5, 5.41) is 0. The molecule has 1 aliphatic heterocycles. The average molecular weight is 428 g/mol. The molecule has 5 nitrogen and oxygen atoms in total. The van der Waals surface area contributed by atoms with Crippen LogP contribution in [0.25, 0.3) is 11.1 Å².